The Balaban J connectivity index is 1.85. The molecule has 0 aliphatic heterocycles. The summed E-state index contributed by atoms with van der Waals surface area (Å²) in [5, 5.41) is 3.73. The number of aryl methyl sites for hydroxylation is 1. The third kappa shape index (κ3) is 3.32. The first-order valence-corrected chi connectivity index (χ1v) is 5.77. The van der Waals surface area contributed by atoms with Crippen molar-refractivity contribution in [2.24, 2.45) is 5.11 Å². The van der Waals surface area contributed by atoms with Crippen LogP contribution in [0.2, 0.25) is 0 Å². The molecule has 17 heavy (non-hydrogen) atoms. The zero-order valence-electron chi connectivity index (χ0n) is 9.78. The highest BCUT2D eigenvalue weighted by atomic mass is 16.5. The van der Waals surface area contributed by atoms with Crippen molar-refractivity contribution in [2.45, 2.75) is 44.8 Å². The standard InChI is InChI=1S/C11H15N5O/c1-8-6-13-11(14-7-8)17-10-4-2-9(3-5-10)15-16-12/h6-7,9-10H,2-5H2,1H3. The molecule has 0 unspecified atom stereocenters. The maximum atomic E-state index is 8.35. The molecule has 1 fully saturated rings. The fourth-order valence-electron chi connectivity index (χ4n) is 1.94. The number of rotatable bonds is 3. The largest absolute Gasteiger partial charge is 0.460 e. The normalized spacial score (nSPS) is 23.8. The molecule has 0 amide bonds. The molecule has 2 rings (SSSR count). The van der Waals surface area contributed by atoms with Crippen LogP contribution in [-0.4, -0.2) is 22.1 Å². The Kier molecular flexibility index (Phi) is 3.77. The van der Waals surface area contributed by atoms with Gasteiger partial charge in [-0.2, -0.15) is 0 Å². The van der Waals surface area contributed by atoms with Crippen molar-refractivity contribution in [2.75, 3.05) is 0 Å². The summed E-state index contributed by atoms with van der Waals surface area (Å²) in [6.45, 7) is 1.94. The van der Waals surface area contributed by atoms with Crippen LogP contribution in [0.4, 0.5) is 0 Å². The summed E-state index contributed by atoms with van der Waals surface area (Å²) in [7, 11) is 0. The van der Waals surface area contributed by atoms with Gasteiger partial charge < -0.3 is 4.74 Å². The molecule has 1 aliphatic rings. The topological polar surface area (TPSA) is 83.8 Å². The van der Waals surface area contributed by atoms with Crippen LogP contribution in [0.25, 0.3) is 10.4 Å². The summed E-state index contributed by atoms with van der Waals surface area (Å²) in [5.41, 5.74) is 9.37. The fraction of sp³-hybridized carbons (Fsp3) is 0.636. The highest BCUT2D eigenvalue weighted by molar-refractivity contribution is 5.04. The van der Waals surface area contributed by atoms with Crippen LogP contribution in [0.5, 0.6) is 6.01 Å². The molecular weight excluding hydrogens is 218 g/mol. The van der Waals surface area contributed by atoms with Gasteiger partial charge in [0.25, 0.3) is 0 Å². The monoisotopic (exact) mass is 233 g/mol. The average Bonchev–Trinajstić information content (AvgIpc) is 2.35. The van der Waals surface area contributed by atoms with Gasteiger partial charge in [0, 0.05) is 23.3 Å². The molecule has 0 spiro atoms. The van der Waals surface area contributed by atoms with Gasteiger partial charge in [-0.3, -0.25) is 0 Å². The van der Waals surface area contributed by atoms with E-state index in [0.717, 1.165) is 31.2 Å². The highest BCUT2D eigenvalue weighted by Crippen LogP contribution is 2.24. The van der Waals surface area contributed by atoms with E-state index in [2.05, 4.69) is 20.0 Å². The minimum absolute atomic E-state index is 0.124. The quantitative estimate of drug-likeness (QED) is 0.457. The average molecular weight is 233 g/mol. The van der Waals surface area contributed by atoms with Gasteiger partial charge in [0.1, 0.15) is 6.10 Å². The van der Waals surface area contributed by atoms with Crippen LogP contribution in [0.3, 0.4) is 0 Å². The third-order valence-electron chi connectivity index (χ3n) is 2.89. The van der Waals surface area contributed by atoms with Crippen molar-refractivity contribution in [3.8, 4) is 6.01 Å². The van der Waals surface area contributed by atoms with E-state index in [-0.39, 0.29) is 12.1 Å². The molecule has 1 saturated carbocycles. The number of hydrogen-bond donors (Lipinski definition) is 0. The Hall–Kier alpha value is -1.81. The Morgan fingerprint density at radius 2 is 1.94 bits per heavy atom. The summed E-state index contributed by atoms with van der Waals surface area (Å²) in [5.74, 6) is 0. The zero-order valence-corrected chi connectivity index (χ0v) is 9.78. The summed E-state index contributed by atoms with van der Waals surface area (Å²) < 4.78 is 5.68. The second kappa shape index (κ2) is 5.50. The Labute approximate surface area is 99.7 Å². The second-order valence-electron chi connectivity index (χ2n) is 4.30. The van der Waals surface area contributed by atoms with Gasteiger partial charge in [-0.15, -0.1) is 0 Å². The number of nitrogens with zero attached hydrogens (tertiary/aromatic N) is 5. The smallest absolute Gasteiger partial charge is 0.316 e. The zero-order chi connectivity index (χ0) is 12.1. The third-order valence-corrected chi connectivity index (χ3v) is 2.89. The molecule has 0 N–H and O–H groups in total. The first-order valence-electron chi connectivity index (χ1n) is 5.77. The minimum atomic E-state index is 0.124. The summed E-state index contributed by atoms with van der Waals surface area (Å²) >= 11 is 0. The van der Waals surface area contributed by atoms with E-state index in [4.69, 9.17) is 10.3 Å². The SMILES string of the molecule is Cc1cnc(OC2CCC(N=[N+]=[N-])CC2)nc1. The number of ether oxygens (including phenoxy) is 1. The van der Waals surface area contributed by atoms with Gasteiger partial charge in [-0.1, -0.05) is 5.11 Å². The molecule has 1 heterocycles. The molecule has 1 aliphatic carbocycles. The number of azide groups is 1. The molecule has 0 aromatic carbocycles. The molecular formula is C11H15N5O. The van der Waals surface area contributed by atoms with Crippen molar-refractivity contribution >= 4 is 0 Å². The van der Waals surface area contributed by atoms with Crippen LogP contribution >= 0.6 is 0 Å². The lowest BCUT2D eigenvalue weighted by Gasteiger charge is -2.25. The van der Waals surface area contributed by atoms with E-state index >= 15 is 0 Å². The minimum Gasteiger partial charge on any atom is -0.460 e. The van der Waals surface area contributed by atoms with E-state index in [1.807, 2.05) is 6.92 Å². The van der Waals surface area contributed by atoms with Crippen molar-refractivity contribution in [1.82, 2.24) is 9.97 Å². The lowest BCUT2D eigenvalue weighted by molar-refractivity contribution is 0.134. The molecule has 90 valence electrons. The van der Waals surface area contributed by atoms with Crippen LogP contribution in [-0.2, 0) is 0 Å². The van der Waals surface area contributed by atoms with Crippen LogP contribution < -0.4 is 4.74 Å². The predicted octanol–water partition coefficient (Wildman–Crippen LogP) is 2.79. The number of hydrogen-bond acceptors (Lipinski definition) is 4. The lowest BCUT2D eigenvalue weighted by atomic mass is 9.94. The summed E-state index contributed by atoms with van der Waals surface area (Å²) in [6, 6.07) is 0.557. The van der Waals surface area contributed by atoms with Crippen LogP contribution in [0.1, 0.15) is 31.2 Å². The van der Waals surface area contributed by atoms with Gasteiger partial charge in [-0.25, -0.2) is 9.97 Å². The van der Waals surface area contributed by atoms with E-state index in [0.29, 0.717) is 6.01 Å². The predicted molar refractivity (Wildman–Crippen MR) is 62.6 cm³/mol. The van der Waals surface area contributed by atoms with Gasteiger partial charge in [0.15, 0.2) is 0 Å². The van der Waals surface area contributed by atoms with Gasteiger partial charge in [0.2, 0.25) is 0 Å². The fourth-order valence-corrected chi connectivity index (χ4v) is 1.94. The van der Waals surface area contributed by atoms with Crippen molar-refractivity contribution in [1.29, 1.82) is 0 Å². The maximum Gasteiger partial charge on any atom is 0.316 e. The van der Waals surface area contributed by atoms with Gasteiger partial charge in [-0.05, 0) is 43.7 Å². The van der Waals surface area contributed by atoms with Crippen molar-refractivity contribution in [3.63, 3.8) is 0 Å². The highest BCUT2D eigenvalue weighted by Gasteiger charge is 2.22. The molecule has 0 atom stereocenters. The first kappa shape index (κ1) is 11.7. The summed E-state index contributed by atoms with van der Waals surface area (Å²) in [4.78, 5) is 11.1. The molecule has 0 radical (unpaired) electrons. The molecule has 6 nitrogen and oxygen atoms in total. The van der Waals surface area contributed by atoms with E-state index in [9.17, 15) is 0 Å². The molecule has 1 aromatic rings. The Morgan fingerprint density at radius 1 is 1.29 bits per heavy atom. The maximum absolute atomic E-state index is 8.35. The van der Waals surface area contributed by atoms with Crippen LogP contribution in [0.15, 0.2) is 17.5 Å². The van der Waals surface area contributed by atoms with Gasteiger partial charge in [0.05, 0.1) is 0 Å². The second-order valence-corrected chi connectivity index (χ2v) is 4.30. The first-order chi connectivity index (χ1) is 8.28. The van der Waals surface area contributed by atoms with Gasteiger partial charge >= 0.3 is 6.01 Å². The number of aromatic nitrogens is 2. The van der Waals surface area contributed by atoms with E-state index in [1.54, 1.807) is 12.4 Å². The molecule has 0 bridgehead atoms. The molecule has 1 aromatic heterocycles. The van der Waals surface area contributed by atoms with E-state index < -0.39 is 0 Å². The van der Waals surface area contributed by atoms with Crippen molar-refractivity contribution < 1.29 is 4.74 Å². The Morgan fingerprint density at radius 3 is 2.53 bits per heavy atom. The summed E-state index contributed by atoms with van der Waals surface area (Å²) in [6.07, 6.45) is 7.16. The lowest BCUT2D eigenvalue weighted by Crippen LogP contribution is -2.26. The Bertz CT molecular complexity index is 404. The van der Waals surface area contributed by atoms with E-state index in [1.165, 1.54) is 0 Å². The van der Waals surface area contributed by atoms with Crippen molar-refractivity contribution in [3.05, 3.63) is 28.4 Å². The molecule has 6 heteroatoms. The van der Waals surface area contributed by atoms with Crippen LogP contribution in [0, 0.1) is 6.92 Å². The molecule has 0 saturated heterocycles.